The zero-order chi connectivity index (χ0) is 23.0. The summed E-state index contributed by atoms with van der Waals surface area (Å²) in [6.45, 7) is 3.85. The molecule has 1 amide bonds. The van der Waals surface area contributed by atoms with Crippen LogP contribution in [-0.2, 0) is 13.5 Å². The molecule has 3 aromatic rings. The standard InChI is InChI=1S/C22H22FN5O4/c1-22(2)11-15-17(31-13-4-5-14(16(23)10-13)20(24)27-30)8-12(9-18(15)32-22)21(29)25-19-6-7-28(3)26-19/h4-10,30H,11H2,1-3H3,(H2,24,27)(H,25,26,29). The van der Waals surface area contributed by atoms with E-state index in [1.807, 2.05) is 13.8 Å². The number of carbonyl (C=O) groups is 1. The van der Waals surface area contributed by atoms with Crippen LogP contribution in [0.15, 0.2) is 47.8 Å². The van der Waals surface area contributed by atoms with E-state index in [0.717, 1.165) is 11.6 Å². The molecular formula is C22H22FN5O4. The Kier molecular flexibility index (Phi) is 5.21. The van der Waals surface area contributed by atoms with E-state index in [1.54, 1.807) is 36.1 Å². The summed E-state index contributed by atoms with van der Waals surface area (Å²) in [5.74, 6) is 0.0303. The molecular weight excluding hydrogens is 417 g/mol. The highest BCUT2D eigenvalue weighted by molar-refractivity contribution is 6.04. The molecule has 0 saturated carbocycles. The van der Waals surface area contributed by atoms with Crippen LogP contribution >= 0.6 is 0 Å². The Bertz CT molecular complexity index is 1240. The van der Waals surface area contributed by atoms with Gasteiger partial charge < -0.3 is 25.7 Å². The maximum Gasteiger partial charge on any atom is 0.257 e. The van der Waals surface area contributed by atoms with Crippen molar-refractivity contribution in [2.45, 2.75) is 25.9 Å². The van der Waals surface area contributed by atoms with Crippen molar-refractivity contribution >= 4 is 17.6 Å². The molecule has 9 nitrogen and oxygen atoms in total. The molecule has 0 spiro atoms. The van der Waals surface area contributed by atoms with E-state index in [1.165, 1.54) is 12.1 Å². The number of amides is 1. The van der Waals surface area contributed by atoms with Crippen LogP contribution in [0.5, 0.6) is 17.2 Å². The molecule has 1 aliphatic rings. The fraction of sp³-hybridized carbons (Fsp3) is 0.227. The van der Waals surface area contributed by atoms with Crippen molar-refractivity contribution in [2.24, 2.45) is 17.9 Å². The predicted octanol–water partition coefficient (Wildman–Crippen LogP) is 3.41. The number of hydrogen-bond donors (Lipinski definition) is 3. The molecule has 0 fully saturated rings. The van der Waals surface area contributed by atoms with Crippen molar-refractivity contribution in [1.82, 2.24) is 9.78 Å². The summed E-state index contributed by atoms with van der Waals surface area (Å²) in [7, 11) is 1.75. The first-order valence-corrected chi connectivity index (χ1v) is 9.77. The number of nitrogens with zero attached hydrogens (tertiary/aromatic N) is 3. The van der Waals surface area contributed by atoms with Gasteiger partial charge in [0.1, 0.15) is 28.7 Å². The summed E-state index contributed by atoms with van der Waals surface area (Å²) in [5, 5.41) is 18.4. The zero-order valence-corrected chi connectivity index (χ0v) is 17.7. The van der Waals surface area contributed by atoms with E-state index < -0.39 is 17.3 Å². The average molecular weight is 439 g/mol. The number of halogens is 1. The number of aromatic nitrogens is 2. The van der Waals surface area contributed by atoms with Gasteiger partial charge in [-0.05, 0) is 38.1 Å². The summed E-state index contributed by atoms with van der Waals surface area (Å²) in [6.07, 6.45) is 2.26. The maximum absolute atomic E-state index is 14.4. The third-order valence-corrected chi connectivity index (χ3v) is 4.93. The van der Waals surface area contributed by atoms with Gasteiger partial charge in [0, 0.05) is 42.9 Å². The second kappa shape index (κ2) is 7.88. The number of anilines is 1. The summed E-state index contributed by atoms with van der Waals surface area (Å²) in [5.41, 5.74) is 6.00. The molecule has 32 heavy (non-hydrogen) atoms. The first kappa shape index (κ1) is 21.2. The predicted molar refractivity (Wildman–Crippen MR) is 115 cm³/mol. The fourth-order valence-electron chi connectivity index (χ4n) is 3.48. The molecule has 1 aliphatic heterocycles. The second-order valence-corrected chi connectivity index (χ2v) is 8.05. The summed E-state index contributed by atoms with van der Waals surface area (Å²) in [4.78, 5) is 12.8. The van der Waals surface area contributed by atoms with Gasteiger partial charge >= 0.3 is 0 Å². The molecule has 0 radical (unpaired) electrons. The van der Waals surface area contributed by atoms with Gasteiger partial charge in [0.25, 0.3) is 5.91 Å². The van der Waals surface area contributed by atoms with Gasteiger partial charge in [-0.1, -0.05) is 5.16 Å². The minimum absolute atomic E-state index is 0.0574. The van der Waals surface area contributed by atoms with Gasteiger partial charge in [0.05, 0.1) is 5.56 Å². The summed E-state index contributed by atoms with van der Waals surface area (Å²) >= 11 is 0. The highest BCUT2D eigenvalue weighted by atomic mass is 19.1. The van der Waals surface area contributed by atoms with Crippen molar-refractivity contribution in [1.29, 1.82) is 0 Å². The van der Waals surface area contributed by atoms with E-state index in [4.69, 9.17) is 20.4 Å². The van der Waals surface area contributed by atoms with Crippen LogP contribution in [0.4, 0.5) is 10.2 Å². The number of nitrogens with one attached hydrogen (secondary N) is 1. The van der Waals surface area contributed by atoms with Gasteiger partial charge in [-0.25, -0.2) is 4.39 Å². The number of ether oxygens (including phenoxy) is 2. The molecule has 10 heteroatoms. The van der Waals surface area contributed by atoms with Crippen molar-refractivity contribution in [3.05, 3.63) is 65.1 Å². The van der Waals surface area contributed by atoms with Crippen LogP contribution in [0.2, 0.25) is 0 Å². The smallest absolute Gasteiger partial charge is 0.257 e. The Hall–Kier alpha value is -4.08. The highest BCUT2D eigenvalue weighted by Crippen LogP contribution is 2.43. The van der Waals surface area contributed by atoms with E-state index in [-0.39, 0.29) is 17.1 Å². The molecule has 4 N–H and O–H groups in total. The van der Waals surface area contributed by atoms with Crippen molar-refractivity contribution < 1.29 is 23.9 Å². The van der Waals surface area contributed by atoms with Gasteiger partial charge in [0.15, 0.2) is 11.7 Å². The second-order valence-electron chi connectivity index (χ2n) is 8.05. The first-order chi connectivity index (χ1) is 15.1. The summed E-state index contributed by atoms with van der Waals surface area (Å²) < 4.78 is 27.9. The molecule has 2 aromatic carbocycles. The summed E-state index contributed by atoms with van der Waals surface area (Å²) in [6, 6.07) is 8.87. The number of benzene rings is 2. The average Bonchev–Trinajstić information content (AvgIpc) is 3.28. The highest BCUT2D eigenvalue weighted by Gasteiger charge is 2.34. The van der Waals surface area contributed by atoms with Crippen LogP contribution in [0, 0.1) is 5.82 Å². The number of fused-ring (bicyclic) bond motifs is 1. The Balaban J connectivity index is 1.68. The minimum atomic E-state index is -0.713. The van der Waals surface area contributed by atoms with Gasteiger partial charge in [-0.2, -0.15) is 5.10 Å². The van der Waals surface area contributed by atoms with E-state index in [9.17, 15) is 9.18 Å². The fourth-order valence-corrected chi connectivity index (χ4v) is 3.48. The Morgan fingerprint density at radius 2 is 2.12 bits per heavy atom. The lowest BCUT2D eigenvalue weighted by Crippen LogP contribution is -2.24. The van der Waals surface area contributed by atoms with Crippen molar-refractivity contribution in [3.8, 4) is 17.2 Å². The zero-order valence-electron chi connectivity index (χ0n) is 17.7. The van der Waals surface area contributed by atoms with Gasteiger partial charge in [-0.15, -0.1) is 0 Å². The topological polar surface area (TPSA) is 124 Å². The number of nitrogens with two attached hydrogens (primary N) is 1. The molecule has 0 aliphatic carbocycles. The number of carbonyl (C=O) groups excluding carboxylic acids is 1. The Labute approximate surface area is 183 Å². The number of amidine groups is 1. The van der Waals surface area contributed by atoms with E-state index in [0.29, 0.717) is 29.3 Å². The molecule has 0 bridgehead atoms. The Morgan fingerprint density at radius 3 is 2.78 bits per heavy atom. The molecule has 2 heterocycles. The van der Waals surface area contributed by atoms with Crippen LogP contribution in [-0.4, -0.2) is 32.3 Å². The lowest BCUT2D eigenvalue weighted by Gasteiger charge is -2.16. The van der Waals surface area contributed by atoms with Crippen LogP contribution in [0.25, 0.3) is 0 Å². The number of oxime groups is 1. The lowest BCUT2D eigenvalue weighted by atomic mass is 9.99. The monoisotopic (exact) mass is 439 g/mol. The van der Waals surface area contributed by atoms with Gasteiger partial charge in [-0.3, -0.25) is 9.48 Å². The molecule has 1 aromatic heterocycles. The Morgan fingerprint density at radius 1 is 1.34 bits per heavy atom. The largest absolute Gasteiger partial charge is 0.487 e. The van der Waals surface area contributed by atoms with E-state index >= 15 is 0 Å². The van der Waals surface area contributed by atoms with Crippen molar-refractivity contribution in [2.75, 3.05) is 5.32 Å². The molecule has 4 rings (SSSR count). The normalized spacial score (nSPS) is 14.6. The van der Waals surface area contributed by atoms with Gasteiger partial charge in [0.2, 0.25) is 0 Å². The number of rotatable bonds is 5. The number of hydrogen-bond acceptors (Lipinski definition) is 6. The SMILES string of the molecule is Cn1ccc(NC(=O)c2cc(Oc3ccc(C(N)=NO)c(F)c3)c3c(c2)OC(C)(C)C3)n1. The third kappa shape index (κ3) is 4.20. The first-order valence-electron chi connectivity index (χ1n) is 9.77. The van der Waals surface area contributed by atoms with E-state index in [2.05, 4.69) is 15.6 Å². The minimum Gasteiger partial charge on any atom is -0.487 e. The quantitative estimate of drug-likeness (QED) is 0.242. The number of aryl methyl sites for hydroxylation is 1. The molecule has 0 atom stereocenters. The molecule has 0 unspecified atom stereocenters. The third-order valence-electron chi connectivity index (χ3n) is 4.93. The van der Waals surface area contributed by atoms with Crippen LogP contribution < -0.4 is 20.5 Å². The molecule has 166 valence electrons. The maximum atomic E-state index is 14.4. The molecule has 0 saturated heterocycles. The lowest BCUT2D eigenvalue weighted by molar-refractivity contribution is 0.102. The van der Waals surface area contributed by atoms with Crippen LogP contribution in [0.1, 0.15) is 35.3 Å². The van der Waals surface area contributed by atoms with Crippen molar-refractivity contribution in [3.63, 3.8) is 0 Å². The van der Waals surface area contributed by atoms with Crippen LogP contribution in [0.3, 0.4) is 0 Å².